The third kappa shape index (κ3) is 4.50. The van der Waals surface area contributed by atoms with E-state index >= 15 is 0 Å². The molecule has 0 aliphatic carbocycles. The maximum Gasteiger partial charge on any atom is 0.163 e. The summed E-state index contributed by atoms with van der Waals surface area (Å²) in [7, 11) is 0. The summed E-state index contributed by atoms with van der Waals surface area (Å²) in [5.41, 5.74) is 2.65. The smallest absolute Gasteiger partial charge is 0.163 e. The van der Waals surface area contributed by atoms with Gasteiger partial charge in [-0.1, -0.05) is 84.4 Å². The van der Waals surface area contributed by atoms with Gasteiger partial charge in [-0.25, -0.2) is 9.98 Å². The Hall–Kier alpha value is -2.46. The number of hydrogen-bond acceptors (Lipinski definition) is 3. The van der Waals surface area contributed by atoms with Crippen molar-refractivity contribution in [2.75, 3.05) is 6.54 Å². The lowest BCUT2D eigenvalue weighted by Crippen LogP contribution is -2.10. The predicted octanol–water partition coefficient (Wildman–Crippen LogP) is 6.51. The fraction of sp³-hybridized carbons (Fsp3) is 0.0455. The number of hydrogen-bond donors (Lipinski definition) is 0. The number of aliphatic imine (C=N–C) groups is 3. The zero-order valence-corrected chi connectivity index (χ0v) is 17.1. The van der Waals surface area contributed by atoms with Crippen LogP contribution in [0, 0.1) is 0 Å². The lowest BCUT2D eigenvalue weighted by Gasteiger charge is -2.08. The van der Waals surface area contributed by atoms with Crippen molar-refractivity contribution in [2.24, 2.45) is 15.0 Å². The van der Waals surface area contributed by atoms with Crippen molar-refractivity contribution in [1.82, 2.24) is 0 Å². The van der Waals surface area contributed by atoms with E-state index in [4.69, 9.17) is 39.8 Å². The first kappa shape index (κ1) is 20.3. The molecular weight excluding hydrogens is 413 g/mol. The summed E-state index contributed by atoms with van der Waals surface area (Å²) in [5, 5.41) is 1.42. The van der Waals surface area contributed by atoms with E-state index in [0.29, 0.717) is 49.2 Å². The van der Waals surface area contributed by atoms with Crippen molar-refractivity contribution in [3.8, 4) is 0 Å². The first-order valence-corrected chi connectivity index (χ1v) is 9.53. The summed E-state index contributed by atoms with van der Waals surface area (Å²) < 4.78 is 0. The van der Waals surface area contributed by atoms with Crippen molar-refractivity contribution in [1.29, 1.82) is 0 Å². The first-order chi connectivity index (χ1) is 13.5. The first-order valence-electron chi connectivity index (χ1n) is 8.39. The van der Waals surface area contributed by atoms with Crippen LogP contribution in [0.1, 0.15) is 11.1 Å². The number of nitrogens with zero attached hydrogens (tertiary/aromatic N) is 3. The highest BCUT2D eigenvalue weighted by molar-refractivity contribution is 6.38. The largest absolute Gasteiger partial charge is 0.260 e. The summed E-state index contributed by atoms with van der Waals surface area (Å²) >= 11 is 18.9. The number of benzene rings is 2. The van der Waals surface area contributed by atoms with E-state index in [2.05, 4.69) is 23.1 Å². The standard InChI is InChI=1S/C22H16Cl3N3/c1-3-8-15(14(2)23)20-13-26-21(16-9-4-6-11-18(16)24)28-22(27-20)17-10-5-7-12-19(17)25/h3-12H,1-2,13H2/b15-8+. The van der Waals surface area contributed by atoms with E-state index in [-0.39, 0.29) is 6.54 Å². The van der Waals surface area contributed by atoms with Gasteiger partial charge in [-0.15, -0.1) is 0 Å². The van der Waals surface area contributed by atoms with Crippen LogP contribution >= 0.6 is 34.8 Å². The molecule has 3 nitrogen and oxygen atoms in total. The minimum absolute atomic E-state index is 0.253. The van der Waals surface area contributed by atoms with Crippen LogP contribution in [-0.2, 0) is 0 Å². The van der Waals surface area contributed by atoms with Gasteiger partial charge in [0, 0.05) is 21.7 Å². The van der Waals surface area contributed by atoms with Crippen LogP contribution < -0.4 is 0 Å². The summed E-state index contributed by atoms with van der Waals surface area (Å²) in [4.78, 5) is 14.0. The Labute approximate surface area is 179 Å². The summed E-state index contributed by atoms with van der Waals surface area (Å²) in [5.74, 6) is 0.891. The lowest BCUT2D eigenvalue weighted by molar-refractivity contribution is 1.28. The minimum Gasteiger partial charge on any atom is -0.260 e. The fourth-order valence-corrected chi connectivity index (χ4v) is 3.24. The van der Waals surface area contributed by atoms with Crippen LogP contribution in [0.3, 0.4) is 0 Å². The third-order valence-electron chi connectivity index (χ3n) is 3.95. The predicted molar refractivity (Wildman–Crippen MR) is 122 cm³/mol. The number of halogens is 3. The van der Waals surface area contributed by atoms with Crippen molar-refractivity contribution >= 4 is 52.2 Å². The van der Waals surface area contributed by atoms with E-state index in [9.17, 15) is 0 Å². The fourth-order valence-electron chi connectivity index (χ4n) is 2.63. The Kier molecular flexibility index (Phi) is 6.63. The van der Waals surface area contributed by atoms with E-state index in [1.165, 1.54) is 0 Å². The van der Waals surface area contributed by atoms with Crippen molar-refractivity contribution < 1.29 is 0 Å². The Morgan fingerprint density at radius 3 is 2.00 bits per heavy atom. The minimum atomic E-state index is 0.253. The molecule has 1 aliphatic heterocycles. The quantitative estimate of drug-likeness (QED) is 0.487. The van der Waals surface area contributed by atoms with Gasteiger partial charge in [-0.2, -0.15) is 0 Å². The molecule has 2 aromatic rings. The molecule has 1 heterocycles. The van der Waals surface area contributed by atoms with Gasteiger partial charge in [-0.05, 0) is 24.3 Å². The normalized spacial score (nSPS) is 14.5. The van der Waals surface area contributed by atoms with Crippen molar-refractivity contribution in [3.63, 3.8) is 0 Å². The maximum atomic E-state index is 6.40. The molecule has 6 heteroatoms. The molecular formula is C22H16Cl3N3. The van der Waals surface area contributed by atoms with Gasteiger partial charge in [0.15, 0.2) is 11.7 Å². The monoisotopic (exact) mass is 427 g/mol. The molecule has 0 saturated carbocycles. The van der Waals surface area contributed by atoms with E-state index in [1.54, 1.807) is 24.3 Å². The van der Waals surface area contributed by atoms with Gasteiger partial charge in [0.1, 0.15) is 0 Å². The van der Waals surface area contributed by atoms with Gasteiger partial charge >= 0.3 is 0 Å². The Morgan fingerprint density at radius 1 is 0.893 bits per heavy atom. The van der Waals surface area contributed by atoms with Crippen LogP contribution in [0.15, 0.2) is 99.4 Å². The Bertz CT molecular complexity index is 1060. The number of amidine groups is 2. The summed E-state index contributed by atoms with van der Waals surface area (Å²) in [6, 6.07) is 14.7. The highest BCUT2D eigenvalue weighted by Gasteiger charge is 2.19. The zero-order valence-electron chi connectivity index (χ0n) is 14.9. The van der Waals surface area contributed by atoms with E-state index < -0.39 is 0 Å². The molecule has 0 aromatic heterocycles. The molecule has 0 amide bonds. The number of allylic oxidation sites excluding steroid dienone is 3. The molecule has 140 valence electrons. The molecule has 28 heavy (non-hydrogen) atoms. The average Bonchev–Trinajstić information content (AvgIpc) is 2.89. The Morgan fingerprint density at radius 2 is 1.46 bits per heavy atom. The zero-order chi connectivity index (χ0) is 20.1. The molecule has 0 fully saturated rings. The lowest BCUT2D eigenvalue weighted by atomic mass is 10.1. The van der Waals surface area contributed by atoms with Crippen molar-refractivity contribution in [2.45, 2.75) is 0 Å². The summed E-state index contributed by atoms with van der Waals surface area (Å²) in [6.45, 7) is 7.80. The van der Waals surface area contributed by atoms with Crippen LogP contribution in [-0.4, -0.2) is 23.9 Å². The molecule has 2 aromatic carbocycles. The maximum absolute atomic E-state index is 6.40. The second-order valence-corrected chi connectivity index (χ2v) is 7.09. The molecule has 3 rings (SSSR count). The van der Waals surface area contributed by atoms with Crippen LogP contribution in [0.25, 0.3) is 0 Å². The molecule has 0 bridgehead atoms. The SMILES string of the molecule is C=C/C=C(\C(=C)Cl)C1=NC(c2ccccc2Cl)=NC(c2ccccc2Cl)=NC1. The number of rotatable bonds is 5. The third-order valence-corrected chi connectivity index (χ3v) is 4.81. The van der Waals surface area contributed by atoms with Gasteiger partial charge in [0.05, 0.1) is 22.3 Å². The highest BCUT2D eigenvalue weighted by Crippen LogP contribution is 2.24. The van der Waals surface area contributed by atoms with Gasteiger partial charge in [0.25, 0.3) is 0 Å². The summed E-state index contributed by atoms with van der Waals surface area (Å²) in [6.07, 6.45) is 3.37. The van der Waals surface area contributed by atoms with Crippen LogP contribution in [0.4, 0.5) is 0 Å². The molecule has 0 saturated heterocycles. The second-order valence-electron chi connectivity index (χ2n) is 5.81. The molecule has 0 unspecified atom stereocenters. The molecule has 0 N–H and O–H groups in total. The molecule has 0 spiro atoms. The molecule has 0 radical (unpaired) electrons. The van der Waals surface area contributed by atoms with Gasteiger partial charge in [0.2, 0.25) is 0 Å². The highest BCUT2D eigenvalue weighted by atomic mass is 35.5. The van der Waals surface area contributed by atoms with E-state index in [1.807, 2.05) is 36.4 Å². The molecule has 1 aliphatic rings. The van der Waals surface area contributed by atoms with Gasteiger partial charge in [-0.3, -0.25) is 4.99 Å². The van der Waals surface area contributed by atoms with Crippen LogP contribution in [0.5, 0.6) is 0 Å². The van der Waals surface area contributed by atoms with Crippen LogP contribution in [0.2, 0.25) is 10.0 Å². The van der Waals surface area contributed by atoms with Gasteiger partial charge < -0.3 is 0 Å². The topological polar surface area (TPSA) is 37.1 Å². The second kappa shape index (κ2) is 9.16. The van der Waals surface area contributed by atoms with E-state index in [0.717, 1.165) is 0 Å². The average molecular weight is 429 g/mol. The molecule has 0 atom stereocenters. The Balaban J connectivity index is 2.21. The van der Waals surface area contributed by atoms with Crippen molar-refractivity contribution in [3.05, 3.63) is 106 Å².